The summed E-state index contributed by atoms with van der Waals surface area (Å²) < 4.78 is 1.92. The predicted molar refractivity (Wildman–Crippen MR) is 68.6 cm³/mol. The lowest BCUT2D eigenvalue weighted by Gasteiger charge is -2.16. The number of aliphatic carboxylic acids is 1. The molecule has 1 fully saturated rings. The van der Waals surface area contributed by atoms with E-state index in [9.17, 15) is 9.59 Å². The van der Waals surface area contributed by atoms with Crippen LogP contribution in [0.3, 0.4) is 0 Å². The zero-order valence-electron chi connectivity index (χ0n) is 11.3. The normalized spacial score (nSPS) is 19.2. The number of aromatic nitrogens is 2. The molecular formula is C13H19N3O3. The quantitative estimate of drug-likeness (QED) is 0.855. The number of nitrogens with zero attached hydrogens (tertiary/aromatic N) is 3. The molecule has 6 heteroatoms. The van der Waals surface area contributed by atoms with E-state index in [2.05, 4.69) is 5.10 Å². The Balaban J connectivity index is 1.82. The number of hydrogen-bond acceptors (Lipinski definition) is 3. The highest BCUT2D eigenvalue weighted by atomic mass is 16.4. The van der Waals surface area contributed by atoms with Gasteiger partial charge in [0.25, 0.3) is 0 Å². The molecule has 0 radical (unpaired) electrons. The van der Waals surface area contributed by atoms with Crippen LogP contribution in [0.2, 0.25) is 0 Å². The molecule has 6 nitrogen and oxygen atoms in total. The van der Waals surface area contributed by atoms with Crippen molar-refractivity contribution in [1.82, 2.24) is 14.7 Å². The molecule has 1 aromatic rings. The molecule has 104 valence electrons. The number of aryl methyl sites for hydroxylation is 3. The number of carbonyl (C=O) groups is 2. The third-order valence-electron chi connectivity index (χ3n) is 3.47. The maximum atomic E-state index is 11.6. The van der Waals surface area contributed by atoms with Crippen LogP contribution in [-0.2, 0) is 16.1 Å². The van der Waals surface area contributed by atoms with Gasteiger partial charge in [-0.2, -0.15) is 5.10 Å². The van der Waals surface area contributed by atoms with E-state index < -0.39 is 11.9 Å². The van der Waals surface area contributed by atoms with Crippen LogP contribution in [0.1, 0.15) is 24.2 Å². The second-order valence-electron chi connectivity index (χ2n) is 5.08. The van der Waals surface area contributed by atoms with Crippen molar-refractivity contribution in [2.24, 2.45) is 5.92 Å². The van der Waals surface area contributed by atoms with Gasteiger partial charge >= 0.3 is 5.97 Å². The molecule has 0 saturated carbocycles. The van der Waals surface area contributed by atoms with Gasteiger partial charge in [0.05, 0.1) is 11.6 Å². The fourth-order valence-electron chi connectivity index (χ4n) is 2.47. The summed E-state index contributed by atoms with van der Waals surface area (Å²) in [6.45, 7) is 5.64. The smallest absolute Gasteiger partial charge is 0.308 e. The van der Waals surface area contributed by atoms with Crippen molar-refractivity contribution >= 4 is 11.9 Å². The highest BCUT2D eigenvalue weighted by Crippen LogP contribution is 2.18. The van der Waals surface area contributed by atoms with Crippen molar-refractivity contribution in [2.45, 2.75) is 33.2 Å². The first-order chi connectivity index (χ1) is 8.97. The van der Waals surface area contributed by atoms with Crippen molar-refractivity contribution in [3.63, 3.8) is 0 Å². The number of hydrogen-bond donors (Lipinski definition) is 1. The molecule has 1 saturated heterocycles. The van der Waals surface area contributed by atoms with Crippen LogP contribution in [0.25, 0.3) is 0 Å². The third kappa shape index (κ3) is 3.13. The highest BCUT2D eigenvalue weighted by molar-refractivity contribution is 5.86. The fourth-order valence-corrected chi connectivity index (χ4v) is 2.47. The van der Waals surface area contributed by atoms with Crippen molar-refractivity contribution in [3.05, 3.63) is 17.5 Å². The van der Waals surface area contributed by atoms with E-state index in [1.165, 1.54) is 0 Å². The van der Waals surface area contributed by atoms with Crippen LogP contribution < -0.4 is 0 Å². The van der Waals surface area contributed by atoms with E-state index in [1.54, 1.807) is 4.90 Å². The van der Waals surface area contributed by atoms with Gasteiger partial charge in [0, 0.05) is 31.7 Å². The van der Waals surface area contributed by atoms with Crippen LogP contribution in [-0.4, -0.2) is 44.8 Å². The Kier molecular flexibility index (Phi) is 3.87. The first-order valence-corrected chi connectivity index (χ1v) is 6.49. The number of carbonyl (C=O) groups excluding carboxylic acids is 1. The molecule has 2 heterocycles. The zero-order valence-corrected chi connectivity index (χ0v) is 11.3. The molecule has 0 unspecified atom stereocenters. The number of amides is 1. The summed E-state index contributed by atoms with van der Waals surface area (Å²) >= 11 is 0. The van der Waals surface area contributed by atoms with E-state index in [0.717, 1.165) is 24.4 Å². The van der Waals surface area contributed by atoms with Gasteiger partial charge in [0.15, 0.2) is 0 Å². The second-order valence-corrected chi connectivity index (χ2v) is 5.08. The monoisotopic (exact) mass is 265 g/mol. The van der Waals surface area contributed by atoms with Crippen molar-refractivity contribution < 1.29 is 14.7 Å². The molecule has 1 aliphatic rings. The summed E-state index contributed by atoms with van der Waals surface area (Å²) in [5, 5.41) is 13.3. The minimum absolute atomic E-state index is 0.0548. The number of likely N-dealkylation sites (tertiary alicyclic amines) is 1. The summed E-state index contributed by atoms with van der Waals surface area (Å²) in [6.07, 6.45) is 0.926. The molecular weight excluding hydrogens is 246 g/mol. The van der Waals surface area contributed by atoms with E-state index >= 15 is 0 Å². The summed E-state index contributed by atoms with van der Waals surface area (Å²) in [6, 6.07) is 2.02. The Bertz CT molecular complexity index is 495. The van der Waals surface area contributed by atoms with Crippen molar-refractivity contribution in [1.29, 1.82) is 0 Å². The molecule has 1 atom stereocenters. The van der Waals surface area contributed by atoms with Gasteiger partial charge in [-0.1, -0.05) is 0 Å². The molecule has 1 aromatic heterocycles. The molecule has 0 aromatic carbocycles. The van der Waals surface area contributed by atoms with Gasteiger partial charge in [-0.05, 0) is 26.3 Å². The van der Waals surface area contributed by atoms with Crippen LogP contribution in [0, 0.1) is 19.8 Å². The van der Waals surface area contributed by atoms with Crippen LogP contribution >= 0.6 is 0 Å². The average molecular weight is 265 g/mol. The van der Waals surface area contributed by atoms with Crippen molar-refractivity contribution in [2.75, 3.05) is 13.1 Å². The number of rotatable bonds is 5. The molecule has 19 heavy (non-hydrogen) atoms. The van der Waals surface area contributed by atoms with Crippen molar-refractivity contribution in [3.8, 4) is 0 Å². The number of carboxylic acids is 1. The zero-order chi connectivity index (χ0) is 14.0. The maximum Gasteiger partial charge on any atom is 0.308 e. The number of carboxylic acid groups (broad SMARTS) is 1. The largest absolute Gasteiger partial charge is 0.481 e. The maximum absolute atomic E-state index is 11.6. The topological polar surface area (TPSA) is 75.4 Å². The van der Waals surface area contributed by atoms with Crippen LogP contribution in [0.4, 0.5) is 0 Å². The van der Waals surface area contributed by atoms with Gasteiger partial charge < -0.3 is 10.0 Å². The van der Waals surface area contributed by atoms with Gasteiger partial charge in [0.1, 0.15) is 0 Å². The average Bonchev–Trinajstić information content (AvgIpc) is 2.83. The lowest BCUT2D eigenvalue weighted by molar-refractivity contribution is -0.141. The van der Waals surface area contributed by atoms with E-state index in [0.29, 0.717) is 13.1 Å². The fraction of sp³-hybridized carbons (Fsp3) is 0.615. The van der Waals surface area contributed by atoms with E-state index in [4.69, 9.17) is 5.11 Å². The minimum Gasteiger partial charge on any atom is -0.481 e. The standard InChI is InChI=1S/C13H19N3O3/c1-9-6-10(2)16(14-9)5-3-4-15-8-11(13(18)19)7-12(15)17/h6,11H,3-5,7-8H2,1-2H3,(H,18,19)/t11-/m0/s1. The van der Waals surface area contributed by atoms with Gasteiger partial charge in [0.2, 0.25) is 5.91 Å². The minimum atomic E-state index is -0.880. The third-order valence-corrected chi connectivity index (χ3v) is 3.47. The highest BCUT2D eigenvalue weighted by Gasteiger charge is 2.33. The summed E-state index contributed by atoms with van der Waals surface area (Å²) in [5.41, 5.74) is 2.09. The Hall–Kier alpha value is -1.85. The first kappa shape index (κ1) is 13.6. The molecule has 0 aliphatic carbocycles. The predicted octanol–water partition coefficient (Wildman–Crippen LogP) is 0.823. The molecule has 1 amide bonds. The molecule has 1 N–H and O–H groups in total. The lowest BCUT2D eigenvalue weighted by atomic mass is 10.1. The van der Waals surface area contributed by atoms with Crippen LogP contribution in [0.5, 0.6) is 0 Å². The Morgan fingerprint density at radius 3 is 2.74 bits per heavy atom. The summed E-state index contributed by atoms with van der Waals surface area (Å²) in [5.74, 6) is -1.48. The first-order valence-electron chi connectivity index (χ1n) is 6.49. The van der Waals surface area contributed by atoms with E-state index in [-0.39, 0.29) is 12.3 Å². The molecule has 1 aliphatic heterocycles. The summed E-state index contributed by atoms with van der Waals surface area (Å²) in [4.78, 5) is 24.1. The molecule has 2 rings (SSSR count). The van der Waals surface area contributed by atoms with E-state index in [1.807, 2.05) is 24.6 Å². The lowest BCUT2D eigenvalue weighted by Crippen LogP contribution is -2.28. The van der Waals surface area contributed by atoms with Gasteiger partial charge in [-0.15, -0.1) is 0 Å². The molecule has 0 bridgehead atoms. The Morgan fingerprint density at radius 2 is 2.21 bits per heavy atom. The molecule has 0 spiro atoms. The Labute approximate surface area is 112 Å². The van der Waals surface area contributed by atoms with Gasteiger partial charge in [-0.25, -0.2) is 0 Å². The summed E-state index contributed by atoms with van der Waals surface area (Å²) in [7, 11) is 0. The Morgan fingerprint density at radius 1 is 1.47 bits per heavy atom. The second kappa shape index (κ2) is 5.42. The van der Waals surface area contributed by atoms with Crippen LogP contribution in [0.15, 0.2) is 6.07 Å². The van der Waals surface area contributed by atoms with Gasteiger partial charge in [-0.3, -0.25) is 14.3 Å². The SMILES string of the molecule is Cc1cc(C)n(CCCN2C[C@@H](C(=O)O)CC2=O)n1.